The van der Waals surface area contributed by atoms with E-state index in [1.165, 1.54) is 31.6 Å². The van der Waals surface area contributed by atoms with Gasteiger partial charge in [-0.2, -0.15) is 0 Å². The molecule has 1 aromatic carbocycles. The van der Waals surface area contributed by atoms with Crippen LogP contribution in [0.2, 0.25) is 0 Å². The summed E-state index contributed by atoms with van der Waals surface area (Å²) in [6.07, 6.45) is -7.19. The molecule has 3 unspecified atom stereocenters. The Labute approximate surface area is 205 Å². The van der Waals surface area contributed by atoms with E-state index in [0.717, 1.165) is 0 Å². The number of phenolic OH excluding ortho intramolecular Hbond substituents is 1. The fourth-order valence-corrected chi connectivity index (χ4v) is 5.28. The molecule has 3 aliphatic heterocycles. The lowest BCUT2D eigenvalue weighted by Gasteiger charge is -2.43. The van der Waals surface area contributed by atoms with Crippen LogP contribution in [0.15, 0.2) is 30.5 Å². The number of methoxy groups -OCH3 is 1. The molecule has 36 heavy (non-hydrogen) atoms. The van der Waals surface area contributed by atoms with Crippen LogP contribution in [-0.4, -0.2) is 112 Å². The fraction of sp³-hybridized carbons (Fsp3) is 0.609. The third kappa shape index (κ3) is 3.92. The molecule has 198 valence electrons. The lowest BCUT2D eigenvalue weighted by atomic mass is 9.85. The van der Waals surface area contributed by atoms with Crippen LogP contribution in [0.5, 0.6) is 11.5 Å². The molecule has 2 saturated heterocycles. The fourth-order valence-electron chi connectivity index (χ4n) is 5.28. The number of rotatable bonds is 7. The highest BCUT2D eigenvalue weighted by Gasteiger charge is 2.77. The van der Waals surface area contributed by atoms with E-state index in [1.54, 1.807) is 6.08 Å². The number of carbonyl (C=O) groups excluding carboxylic acids is 1. The molecule has 13 nitrogen and oxygen atoms in total. The highest BCUT2D eigenvalue weighted by atomic mass is 16.8. The summed E-state index contributed by atoms with van der Waals surface area (Å²) in [5.41, 5.74) is -1.03. The standard InChI is InChI=1S/C23H28O13/c1-31-12-6-9(2-3-11(12)26)20(30)34-18-10-4-5-32-21(14(10)23(8-25)19(18)36-23)35-22-17(29)16(28)15(27)13(7-24)33-22/h2-6,10,13-19,21-22,24-29H,7-8H2,1H3/t10-,13-,14?,15?,16+,17?,18+,19+,21+,22+,23+/m1/s1. The van der Waals surface area contributed by atoms with Crippen LogP contribution in [0.25, 0.3) is 0 Å². The summed E-state index contributed by atoms with van der Waals surface area (Å²) in [5, 5.41) is 59.8. The number of phenols is 1. The third-order valence-electron chi connectivity index (χ3n) is 7.26. The first kappa shape index (κ1) is 25.2. The van der Waals surface area contributed by atoms with Crippen molar-refractivity contribution < 1.29 is 63.9 Å². The number of epoxide rings is 1. The average molecular weight is 512 g/mol. The van der Waals surface area contributed by atoms with Gasteiger partial charge in [-0.25, -0.2) is 4.79 Å². The molecule has 0 aromatic heterocycles. The number of hydrogen-bond donors (Lipinski definition) is 6. The monoisotopic (exact) mass is 512 g/mol. The van der Waals surface area contributed by atoms with Gasteiger partial charge in [0.25, 0.3) is 0 Å². The van der Waals surface area contributed by atoms with Gasteiger partial charge in [0, 0.05) is 5.92 Å². The zero-order valence-electron chi connectivity index (χ0n) is 19.1. The van der Waals surface area contributed by atoms with Crippen molar-refractivity contribution in [3.05, 3.63) is 36.1 Å². The molecule has 13 heteroatoms. The van der Waals surface area contributed by atoms with Gasteiger partial charge >= 0.3 is 5.97 Å². The maximum atomic E-state index is 12.9. The first-order valence-electron chi connectivity index (χ1n) is 11.4. The number of aromatic hydroxyl groups is 1. The summed E-state index contributed by atoms with van der Waals surface area (Å²) in [7, 11) is 1.35. The van der Waals surface area contributed by atoms with Crippen molar-refractivity contribution in [2.75, 3.05) is 20.3 Å². The minimum atomic E-state index is -1.66. The van der Waals surface area contributed by atoms with Gasteiger partial charge in [-0.1, -0.05) is 0 Å². The van der Waals surface area contributed by atoms with Crippen LogP contribution in [0.3, 0.4) is 0 Å². The third-order valence-corrected chi connectivity index (χ3v) is 7.26. The summed E-state index contributed by atoms with van der Waals surface area (Å²) < 4.78 is 33.4. The quantitative estimate of drug-likeness (QED) is 0.173. The zero-order chi connectivity index (χ0) is 25.8. The van der Waals surface area contributed by atoms with Gasteiger partial charge < -0.3 is 59.1 Å². The largest absolute Gasteiger partial charge is 0.504 e. The number of aliphatic hydroxyl groups excluding tert-OH is 5. The summed E-state index contributed by atoms with van der Waals surface area (Å²) in [6, 6.07) is 4.02. The SMILES string of the molecule is COc1cc(C(=O)O[C@H]2[C@@H]3C=CO[C@@H](O[C@@H]4O[C@H](CO)C(O)[C@H](O)C4O)C3[C@]3(CO)O[C@@H]23)ccc1O. The maximum Gasteiger partial charge on any atom is 0.338 e. The van der Waals surface area contributed by atoms with Gasteiger partial charge in [0.05, 0.1) is 38.1 Å². The van der Waals surface area contributed by atoms with Crippen LogP contribution in [0.4, 0.5) is 0 Å². The first-order valence-corrected chi connectivity index (χ1v) is 11.4. The van der Waals surface area contributed by atoms with Crippen molar-refractivity contribution >= 4 is 5.97 Å². The van der Waals surface area contributed by atoms with Crippen molar-refractivity contribution in [1.29, 1.82) is 0 Å². The summed E-state index contributed by atoms with van der Waals surface area (Å²) in [4.78, 5) is 12.9. The second kappa shape index (κ2) is 9.43. The molecule has 3 fully saturated rings. The second-order valence-electron chi connectivity index (χ2n) is 9.18. The van der Waals surface area contributed by atoms with Crippen LogP contribution < -0.4 is 4.74 Å². The molecule has 1 aliphatic carbocycles. The van der Waals surface area contributed by atoms with Gasteiger partial charge in [0.2, 0.25) is 6.29 Å². The molecule has 4 aliphatic rings. The van der Waals surface area contributed by atoms with Crippen molar-refractivity contribution in [3.8, 4) is 11.5 Å². The summed E-state index contributed by atoms with van der Waals surface area (Å²) in [5.74, 6) is -1.95. The number of fused-ring (bicyclic) bond motifs is 3. The van der Waals surface area contributed by atoms with E-state index in [4.69, 9.17) is 28.4 Å². The topological polar surface area (TPSA) is 197 Å². The van der Waals surface area contributed by atoms with Crippen molar-refractivity contribution in [2.45, 2.75) is 54.8 Å². The van der Waals surface area contributed by atoms with E-state index in [9.17, 15) is 35.4 Å². The normalized spacial score (nSPS) is 42.7. The Morgan fingerprint density at radius 1 is 1.11 bits per heavy atom. The van der Waals surface area contributed by atoms with E-state index in [-0.39, 0.29) is 17.1 Å². The smallest absolute Gasteiger partial charge is 0.338 e. The molecular weight excluding hydrogens is 484 g/mol. The molecule has 5 rings (SSSR count). The lowest BCUT2D eigenvalue weighted by molar-refractivity contribution is -0.344. The molecule has 6 N–H and O–H groups in total. The average Bonchev–Trinajstić information content (AvgIpc) is 3.56. The van der Waals surface area contributed by atoms with Crippen LogP contribution >= 0.6 is 0 Å². The molecule has 0 bridgehead atoms. The van der Waals surface area contributed by atoms with E-state index >= 15 is 0 Å². The van der Waals surface area contributed by atoms with E-state index in [0.29, 0.717) is 0 Å². The van der Waals surface area contributed by atoms with Gasteiger partial charge in [-0.3, -0.25) is 0 Å². The van der Waals surface area contributed by atoms with Crippen molar-refractivity contribution in [3.63, 3.8) is 0 Å². The molecule has 3 heterocycles. The van der Waals surface area contributed by atoms with Crippen LogP contribution in [0.1, 0.15) is 10.4 Å². The van der Waals surface area contributed by atoms with E-state index in [1.807, 2.05) is 0 Å². The van der Waals surface area contributed by atoms with Gasteiger partial charge in [0.15, 0.2) is 17.8 Å². The summed E-state index contributed by atoms with van der Waals surface area (Å²) >= 11 is 0. The molecule has 1 saturated carbocycles. The van der Waals surface area contributed by atoms with E-state index < -0.39 is 85.8 Å². The molecule has 0 amide bonds. The molecule has 11 atom stereocenters. The van der Waals surface area contributed by atoms with Crippen LogP contribution in [0, 0.1) is 11.8 Å². The molecular formula is C23H28O13. The van der Waals surface area contributed by atoms with Crippen molar-refractivity contribution in [2.24, 2.45) is 11.8 Å². The number of esters is 1. The predicted octanol–water partition coefficient (Wildman–Crippen LogP) is -2.01. The Kier molecular flexibility index (Phi) is 6.59. The van der Waals surface area contributed by atoms with Gasteiger partial charge in [0.1, 0.15) is 42.2 Å². The highest BCUT2D eigenvalue weighted by molar-refractivity contribution is 5.90. The number of benzene rings is 1. The summed E-state index contributed by atoms with van der Waals surface area (Å²) in [6.45, 7) is -1.07. The van der Waals surface area contributed by atoms with Gasteiger partial charge in [-0.15, -0.1) is 0 Å². The Morgan fingerprint density at radius 3 is 2.58 bits per heavy atom. The maximum absolute atomic E-state index is 12.9. The lowest BCUT2D eigenvalue weighted by Crippen LogP contribution is -2.60. The van der Waals surface area contributed by atoms with Crippen molar-refractivity contribution in [1.82, 2.24) is 0 Å². The number of aliphatic hydroxyl groups is 5. The highest BCUT2D eigenvalue weighted by Crippen LogP contribution is 2.60. The predicted molar refractivity (Wildman–Crippen MR) is 114 cm³/mol. The Morgan fingerprint density at radius 2 is 1.89 bits per heavy atom. The minimum absolute atomic E-state index is 0.0973. The zero-order valence-corrected chi connectivity index (χ0v) is 19.1. The number of carbonyl (C=O) groups is 1. The number of ether oxygens (including phenoxy) is 6. The first-order chi connectivity index (χ1) is 17.2. The number of hydrogen-bond acceptors (Lipinski definition) is 13. The Bertz CT molecular complexity index is 1010. The molecule has 0 radical (unpaired) electrons. The second-order valence-corrected chi connectivity index (χ2v) is 9.18. The molecule has 0 spiro atoms. The molecule has 1 aromatic rings. The van der Waals surface area contributed by atoms with E-state index in [2.05, 4.69) is 0 Å². The minimum Gasteiger partial charge on any atom is -0.504 e. The van der Waals surface area contributed by atoms with Gasteiger partial charge in [-0.05, 0) is 24.3 Å². The Hall–Kier alpha value is -2.49. The van der Waals surface area contributed by atoms with Crippen LogP contribution in [-0.2, 0) is 23.7 Å². The Balaban J connectivity index is 1.35.